The number of ether oxygens (including phenoxy) is 2. The highest BCUT2D eigenvalue weighted by molar-refractivity contribution is 5.95. The second-order valence-corrected chi connectivity index (χ2v) is 7.97. The summed E-state index contributed by atoms with van der Waals surface area (Å²) >= 11 is 0. The molecule has 2 aliphatic heterocycles. The highest BCUT2D eigenvalue weighted by Crippen LogP contribution is 2.58. The van der Waals surface area contributed by atoms with E-state index in [2.05, 4.69) is 43.3 Å². The number of hydrogen-bond acceptors (Lipinski definition) is 3. The molecule has 0 saturated heterocycles. The molecular formula is C28H20O3. The number of phenols is 1. The van der Waals surface area contributed by atoms with Gasteiger partial charge in [0.15, 0.2) is 5.60 Å². The SMILES string of the molecule is Cc1ccccc1C1=Cc2ccccc2OC12c1ccccc1Oc1cc(O)ccc12. The summed E-state index contributed by atoms with van der Waals surface area (Å²) in [5, 5.41) is 10.2. The molecule has 3 heteroatoms. The van der Waals surface area contributed by atoms with Crippen molar-refractivity contribution < 1.29 is 14.6 Å². The van der Waals surface area contributed by atoms with Crippen molar-refractivity contribution in [1.29, 1.82) is 0 Å². The molecule has 150 valence electrons. The van der Waals surface area contributed by atoms with Crippen LogP contribution in [0.3, 0.4) is 0 Å². The number of phenolic OH excluding ortho intramolecular Hbond substituents is 1. The standard InChI is InChI=1S/C28H20O3/c1-18-8-2-4-10-21(18)24-16-19-9-3-6-12-25(19)31-28(24)22-11-5-7-13-26(22)30-27-17-20(29)14-15-23(27)28/h2-17,29H,1H3. The molecule has 0 saturated carbocycles. The van der Waals surface area contributed by atoms with Crippen molar-refractivity contribution in [1.82, 2.24) is 0 Å². The minimum atomic E-state index is -0.904. The van der Waals surface area contributed by atoms with E-state index in [1.807, 2.05) is 48.5 Å². The number of fused-ring (bicyclic) bond motifs is 5. The Morgan fingerprint density at radius 1 is 0.710 bits per heavy atom. The van der Waals surface area contributed by atoms with Crippen molar-refractivity contribution in [3.05, 3.63) is 119 Å². The van der Waals surface area contributed by atoms with Crippen LogP contribution in [0.5, 0.6) is 23.0 Å². The molecule has 1 atom stereocenters. The van der Waals surface area contributed by atoms with Crippen molar-refractivity contribution in [3.8, 4) is 23.0 Å². The Kier molecular flexibility index (Phi) is 3.75. The summed E-state index contributed by atoms with van der Waals surface area (Å²) in [6.07, 6.45) is 2.22. The number of para-hydroxylation sites is 2. The molecule has 2 aliphatic rings. The van der Waals surface area contributed by atoms with Gasteiger partial charge in [0.2, 0.25) is 0 Å². The van der Waals surface area contributed by atoms with Crippen molar-refractivity contribution >= 4 is 11.6 Å². The van der Waals surface area contributed by atoms with Crippen LogP contribution in [0.15, 0.2) is 91.0 Å². The zero-order chi connectivity index (χ0) is 21.0. The summed E-state index contributed by atoms with van der Waals surface area (Å²) < 4.78 is 13.2. The molecule has 1 spiro atoms. The number of benzene rings is 4. The molecule has 4 aromatic carbocycles. The van der Waals surface area contributed by atoms with Crippen LogP contribution in [0.25, 0.3) is 11.6 Å². The predicted octanol–water partition coefficient (Wildman–Crippen LogP) is 6.68. The lowest BCUT2D eigenvalue weighted by molar-refractivity contribution is 0.156. The first-order valence-electron chi connectivity index (χ1n) is 10.3. The van der Waals surface area contributed by atoms with Crippen LogP contribution < -0.4 is 9.47 Å². The molecule has 6 rings (SSSR count). The lowest BCUT2D eigenvalue weighted by Gasteiger charge is -2.44. The van der Waals surface area contributed by atoms with E-state index in [1.54, 1.807) is 12.1 Å². The summed E-state index contributed by atoms with van der Waals surface area (Å²) in [5.41, 5.74) is 5.28. The molecule has 0 bridgehead atoms. The van der Waals surface area contributed by atoms with E-state index in [-0.39, 0.29) is 5.75 Å². The molecule has 3 nitrogen and oxygen atoms in total. The highest BCUT2D eigenvalue weighted by atomic mass is 16.5. The molecule has 2 heterocycles. The van der Waals surface area contributed by atoms with Crippen LogP contribution in [-0.4, -0.2) is 5.11 Å². The molecule has 0 aromatic heterocycles. The molecular weight excluding hydrogens is 384 g/mol. The van der Waals surface area contributed by atoms with Crippen LogP contribution in [0.4, 0.5) is 0 Å². The minimum Gasteiger partial charge on any atom is -0.508 e. The topological polar surface area (TPSA) is 38.7 Å². The Morgan fingerprint density at radius 3 is 2.29 bits per heavy atom. The molecule has 0 fully saturated rings. The van der Waals surface area contributed by atoms with Crippen LogP contribution in [0, 0.1) is 6.92 Å². The van der Waals surface area contributed by atoms with Crippen molar-refractivity contribution in [2.24, 2.45) is 0 Å². The van der Waals surface area contributed by atoms with Crippen LogP contribution in [-0.2, 0) is 5.60 Å². The van der Waals surface area contributed by atoms with E-state index in [4.69, 9.17) is 9.47 Å². The Labute approximate surface area is 180 Å². The number of aromatic hydroxyl groups is 1. The minimum absolute atomic E-state index is 0.158. The van der Waals surface area contributed by atoms with E-state index in [0.29, 0.717) is 5.75 Å². The zero-order valence-electron chi connectivity index (χ0n) is 17.0. The van der Waals surface area contributed by atoms with Crippen LogP contribution in [0.1, 0.15) is 27.8 Å². The third-order valence-electron chi connectivity index (χ3n) is 6.13. The lowest BCUT2D eigenvalue weighted by atomic mass is 9.72. The quantitative estimate of drug-likeness (QED) is 0.384. The van der Waals surface area contributed by atoms with Crippen molar-refractivity contribution in [3.63, 3.8) is 0 Å². The number of aryl methyl sites for hydroxylation is 1. The summed E-state index contributed by atoms with van der Waals surface area (Å²) in [6, 6.07) is 29.7. The smallest absolute Gasteiger partial charge is 0.192 e. The maximum atomic E-state index is 10.2. The second-order valence-electron chi connectivity index (χ2n) is 7.97. The highest BCUT2D eigenvalue weighted by Gasteiger charge is 2.50. The first-order chi connectivity index (χ1) is 15.2. The Hall–Kier alpha value is -3.98. The zero-order valence-corrected chi connectivity index (χ0v) is 17.0. The molecule has 31 heavy (non-hydrogen) atoms. The Morgan fingerprint density at radius 2 is 1.42 bits per heavy atom. The average molecular weight is 404 g/mol. The van der Waals surface area contributed by atoms with Gasteiger partial charge in [0.05, 0.1) is 0 Å². The van der Waals surface area contributed by atoms with E-state index >= 15 is 0 Å². The van der Waals surface area contributed by atoms with E-state index in [0.717, 1.165) is 39.3 Å². The third kappa shape index (κ3) is 2.53. The van der Waals surface area contributed by atoms with E-state index in [1.165, 1.54) is 5.56 Å². The Bertz CT molecular complexity index is 1370. The third-order valence-corrected chi connectivity index (χ3v) is 6.13. The van der Waals surface area contributed by atoms with Gasteiger partial charge in [0.1, 0.15) is 23.0 Å². The van der Waals surface area contributed by atoms with Gasteiger partial charge in [-0.1, -0.05) is 60.7 Å². The normalized spacial score (nSPS) is 18.2. The van der Waals surface area contributed by atoms with Gasteiger partial charge in [-0.05, 0) is 48.4 Å². The summed E-state index contributed by atoms with van der Waals surface area (Å²) in [4.78, 5) is 0. The van der Waals surface area contributed by atoms with Crippen molar-refractivity contribution in [2.75, 3.05) is 0 Å². The molecule has 0 aliphatic carbocycles. The van der Waals surface area contributed by atoms with Gasteiger partial charge in [-0.2, -0.15) is 0 Å². The maximum Gasteiger partial charge on any atom is 0.192 e. The van der Waals surface area contributed by atoms with E-state index in [9.17, 15) is 5.11 Å². The largest absolute Gasteiger partial charge is 0.508 e. The fraction of sp³-hybridized carbons (Fsp3) is 0.0714. The van der Waals surface area contributed by atoms with Crippen LogP contribution >= 0.6 is 0 Å². The van der Waals surface area contributed by atoms with E-state index < -0.39 is 5.60 Å². The first kappa shape index (κ1) is 17.8. The van der Waals surface area contributed by atoms with Gasteiger partial charge in [-0.3, -0.25) is 0 Å². The molecule has 0 radical (unpaired) electrons. The molecule has 1 N–H and O–H groups in total. The number of hydrogen-bond donors (Lipinski definition) is 1. The van der Waals surface area contributed by atoms with Crippen LogP contribution in [0.2, 0.25) is 0 Å². The average Bonchev–Trinajstić information content (AvgIpc) is 2.79. The molecule has 4 aromatic rings. The Balaban J connectivity index is 1.75. The number of rotatable bonds is 1. The molecule has 1 unspecified atom stereocenters. The second kappa shape index (κ2) is 6.51. The fourth-order valence-electron chi connectivity index (χ4n) is 4.71. The summed E-state index contributed by atoms with van der Waals surface area (Å²) in [7, 11) is 0. The fourth-order valence-corrected chi connectivity index (χ4v) is 4.71. The van der Waals surface area contributed by atoms with Gasteiger partial charge in [-0.15, -0.1) is 0 Å². The maximum absolute atomic E-state index is 10.2. The lowest BCUT2D eigenvalue weighted by Crippen LogP contribution is -2.40. The van der Waals surface area contributed by atoms with Gasteiger partial charge < -0.3 is 14.6 Å². The first-order valence-corrected chi connectivity index (χ1v) is 10.3. The predicted molar refractivity (Wildman–Crippen MR) is 122 cm³/mol. The summed E-state index contributed by atoms with van der Waals surface area (Å²) in [6.45, 7) is 2.12. The monoisotopic (exact) mass is 404 g/mol. The van der Waals surface area contributed by atoms with Gasteiger partial charge >= 0.3 is 0 Å². The molecule has 0 amide bonds. The summed E-state index contributed by atoms with van der Waals surface area (Å²) in [5.74, 6) is 2.29. The van der Waals surface area contributed by atoms with Gasteiger partial charge in [0.25, 0.3) is 0 Å². The van der Waals surface area contributed by atoms with Crippen molar-refractivity contribution in [2.45, 2.75) is 12.5 Å². The van der Waals surface area contributed by atoms with Gasteiger partial charge in [-0.25, -0.2) is 0 Å². The van der Waals surface area contributed by atoms with Gasteiger partial charge in [0, 0.05) is 28.3 Å².